The molecule has 0 fully saturated rings. The van der Waals surface area contributed by atoms with Crippen LogP contribution in [0.1, 0.15) is 5.69 Å². The van der Waals surface area contributed by atoms with Gasteiger partial charge in [0, 0.05) is 0 Å². The summed E-state index contributed by atoms with van der Waals surface area (Å²) in [5.41, 5.74) is 7.14. The molecule has 1 heterocycles. The number of nitrogens with zero attached hydrogens (tertiary/aromatic N) is 1. The summed E-state index contributed by atoms with van der Waals surface area (Å²) >= 11 is 5.90. The van der Waals surface area contributed by atoms with Crippen molar-refractivity contribution in [2.24, 2.45) is 0 Å². The van der Waals surface area contributed by atoms with Crippen LogP contribution in [0.3, 0.4) is 0 Å². The van der Waals surface area contributed by atoms with Crippen molar-refractivity contribution in [3.8, 4) is 0 Å². The van der Waals surface area contributed by atoms with Gasteiger partial charge >= 0.3 is 0 Å². The second kappa shape index (κ2) is 4.59. The van der Waals surface area contributed by atoms with Crippen molar-refractivity contribution in [2.45, 2.75) is 6.92 Å². The molecule has 2 aromatic rings. The predicted molar refractivity (Wildman–Crippen MR) is 68.1 cm³/mol. The fraction of sp³-hybridized carbons (Fsp3) is 0.0833. The number of para-hydroxylation sites is 1. The van der Waals surface area contributed by atoms with E-state index in [2.05, 4.69) is 10.3 Å². The first-order valence-electron chi connectivity index (χ1n) is 5.02. The Labute approximate surface area is 103 Å². The zero-order valence-electron chi connectivity index (χ0n) is 9.17. The molecule has 2 rings (SSSR count). The topological polar surface area (TPSA) is 50.9 Å². The van der Waals surface area contributed by atoms with Gasteiger partial charge in [-0.2, -0.15) is 0 Å². The molecule has 88 valence electrons. The molecule has 3 nitrogen and oxygen atoms in total. The summed E-state index contributed by atoms with van der Waals surface area (Å²) in [6, 6.07) is 7.87. The standard InChI is InChI=1S/C12H11ClFN3/c1-7-10(15)5-6-11(16-7)17-12-8(13)3-2-4-9(12)14/h2-6H,15H2,1H3,(H,16,17). The van der Waals surface area contributed by atoms with Crippen molar-refractivity contribution >= 4 is 28.8 Å². The van der Waals surface area contributed by atoms with E-state index in [4.69, 9.17) is 17.3 Å². The van der Waals surface area contributed by atoms with Crippen molar-refractivity contribution < 1.29 is 4.39 Å². The second-order valence-electron chi connectivity index (χ2n) is 3.59. The third-order valence-electron chi connectivity index (χ3n) is 2.34. The number of anilines is 3. The zero-order valence-corrected chi connectivity index (χ0v) is 9.92. The second-order valence-corrected chi connectivity index (χ2v) is 4.00. The van der Waals surface area contributed by atoms with E-state index in [1.54, 1.807) is 31.2 Å². The van der Waals surface area contributed by atoms with Gasteiger partial charge in [0.05, 0.1) is 22.1 Å². The van der Waals surface area contributed by atoms with E-state index in [0.29, 0.717) is 22.2 Å². The molecule has 0 spiro atoms. The number of halogens is 2. The Morgan fingerprint density at radius 2 is 2.06 bits per heavy atom. The number of hydrogen-bond acceptors (Lipinski definition) is 3. The molecule has 1 aromatic carbocycles. The smallest absolute Gasteiger partial charge is 0.148 e. The number of benzene rings is 1. The van der Waals surface area contributed by atoms with Gasteiger partial charge in [-0.05, 0) is 31.2 Å². The fourth-order valence-electron chi connectivity index (χ4n) is 1.39. The van der Waals surface area contributed by atoms with Gasteiger partial charge in [-0.3, -0.25) is 0 Å². The average Bonchev–Trinajstić information content (AvgIpc) is 2.28. The maximum Gasteiger partial charge on any atom is 0.148 e. The zero-order chi connectivity index (χ0) is 12.4. The van der Waals surface area contributed by atoms with E-state index in [9.17, 15) is 4.39 Å². The van der Waals surface area contributed by atoms with Gasteiger partial charge in [0.15, 0.2) is 0 Å². The minimum Gasteiger partial charge on any atom is -0.397 e. The molecule has 0 radical (unpaired) electrons. The van der Waals surface area contributed by atoms with Crippen LogP contribution < -0.4 is 11.1 Å². The van der Waals surface area contributed by atoms with Crippen molar-refractivity contribution in [3.05, 3.63) is 46.9 Å². The summed E-state index contributed by atoms with van der Waals surface area (Å²) in [5, 5.41) is 3.14. The van der Waals surface area contributed by atoms with E-state index in [0.717, 1.165) is 0 Å². The molecule has 0 unspecified atom stereocenters. The molecule has 0 saturated carbocycles. The molecule has 0 bridgehead atoms. The first-order chi connectivity index (χ1) is 8.08. The number of nitrogen functional groups attached to an aromatic ring is 1. The number of pyridine rings is 1. The maximum absolute atomic E-state index is 13.5. The molecule has 0 aliphatic carbocycles. The van der Waals surface area contributed by atoms with Crippen molar-refractivity contribution in [2.75, 3.05) is 11.1 Å². The Kier molecular flexibility index (Phi) is 3.15. The molecular weight excluding hydrogens is 241 g/mol. The van der Waals surface area contributed by atoms with Gasteiger partial charge in [0.2, 0.25) is 0 Å². The lowest BCUT2D eigenvalue weighted by atomic mass is 10.3. The van der Waals surface area contributed by atoms with Gasteiger partial charge in [0.25, 0.3) is 0 Å². The monoisotopic (exact) mass is 251 g/mol. The van der Waals surface area contributed by atoms with Gasteiger partial charge in [-0.1, -0.05) is 17.7 Å². The highest BCUT2D eigenvalue weighted by Crippen LogP contribution is 2.27. The molecule has 0 saturated heterocycles. The van der Waals surface area contributed by atoms with E-state index < -0.39 is 5.82 Å². The highest BCUT2D eigenvalue weighted by molar-refractivity contribution is 6.33. The minimum atomic E-state index is -0.422. The molecule has 5 heteroatoms. The number of aromatic nitrogens is 1. The Morgan fingerprint density at radius 1 is 1.29 bits per heavy atom. The van der Waals surface area contributed by atoms with Crippen molar-refractivity contribution in [1.82, 2.24) is 4.98 Å². The summed E-state index contributed by atoms with van der Waals surface area (Å²) in [4.78, 5) is 4.19. The molecule has 17 heavy (non-hydrogen) atoms. The van der Waals surface area contributed by atoms with Crippen molar-refractivity contribution in [3.63, 3.8) is 0 Å². The Bertz CT molecular complexity index is 537. The first kappa shape index (κ1) is 11.7. The highest BCUT2D eigenvalue weighted by atomic mass is 35.5. The SMILES string of the molecule is Cc1nc(Nc2c(F)cccc2Cl)ccc1N. The fourth-order valence-corrected chi connectivity index (χ4v) is 1.60. The largest absolute Gasteiger partial charge is 0.397 e. The Balaban J connectivity index is 2.35. The summed E-state index contributed by atoms with van der Waals surface area (Å²) in [6.45, 7) is 1.78. The first-order valence-corrected chi connectivity index (χ1v) is 5.40. The third kappa shape index (κ3) is 2.47. The number of nitrogens with two attached hydrogens (primary N) is 1. The van der Waals surface area contributed by atoms with Crippen LogP contribution >= 0.6 is 11.6 Å². The quantitative estimate of drug-likeness (QED) is 0.859. The predicted octanol–water partition coefficient (Wildman–Crippen LogP) is 3.51. The van der Waals surface area contributed by atoms with Crippen LogP contribution in [0.5, 0.6) is 0 Å². The van der Waals surface area contributed by atoms with Crippen LogP contribution in [0, 0.1) is 12.7 Å². The van der Waals surface area contributed by atoms with Crippen LogP contribution in [0.15, 0.2) is 30.3 Å². The maximum atomic E-state index is 13.5. The summed E-state index contributed by atoms with van der Waals surface area (Å²) in [7, 11) is 0. The summed E-state index contributed by atoms with van der Waals surface area (Å²) in [6.07, 6.45) is 0. The molecule has 0 aliphatic heterocycles. The number of nitrogens with one attached hydrogen (secondary N) is 1. The third-order valence-corrected chi connectivity index (χ3v) is 2.66. The summed E-state index contributed by atoms with van der Waals surface area (Å²) < 4.78 is 13.5. The van der Waals surface area contributed by atoms with Crippen LogP contribution in [0.4, 0.5) is 21.6 Å². The molecular formula is C12H11ClFN3. The van der Waals surface area contributed by atoms with Crippen LogP contribution in [0.2, 0.25) is 5.02 Å². The minimum absolute atomic E-state index is 0.214. The average molecular weight is 252 g/mol. The molecule has 0 aliphatic rings. The molecule has 3 N–H and O–H groups in total. The highest BCUT2D eigenvalue weighted by Gasteiger charge is 2.07. The lowest BCUT2D eigenvalue weighted by molar-refractivity contribution is 0.632. The van der Waals surface area contributed by atoms with Gasteiger partial charge in [-0.15, -0.1) is 0 Å². The Hall–Kier alpha value is -1.81. The van der Waals surface area contributed by atoms with Gasteiger partial charge < -0.3 is 11.1 Å². The summed E-state index contributed by atoms with van der Waals surface area (Å²) in [5.74, 6) is 0.0810. The van der Waals surface area contributed by atoms with E-state index >= 15 is 0 Å². The Morgan fingerprint density at radius 3 is 2.71 bits per heavy atom. The normalized spacial score (nSPS) is 10.3. The number of rotatable bonds is 2. The van der Waals surface area contributed by atoms with Crippen LogP contribution in [-0.2, 0) is 0 Å². The molecule has 0 amide bonds. The number of hydrogen-bond donors (Lipinski definition) is 2. The molecule has 0 atom stereocenters. The van der Waals surface area contributed by atoms with E-state index in [1.165, 1.54) is 6.07 Å². The molecule has 1 aromatic heterocycles. The van der Waals surface area contributed by atoms with E-state index in [1.807, 2.05) is 0 Å². The number of aryl methyl sites for hydroxylation is 1. The lowest BCUT2D eigenvalue weighted by Crippen LogP contribution is -2.00. The van der Waals surface area contributed by atoms with Crippen molar-refractivity contribution in [1.29, 1.82) is 0 Å². The van der Waals surface area contributed by atoms with Gasteiger partial charge in [0.1, 0.15) is 11.6 Å². The lowest BCUT2D eigenvalue weighted by Gasteiger charge is -2.09. The van der Waals surface area contributed by atoms with Gasteiger partial charge in [-0.25, -0.2) is 9.37 Å². The van der Waals surface area contributed by atoms with E-state index in [-0.39, 0.29) is 5.69 Å². The van der Waals surface area contributed by atoms with Crippen LogP contribution in [0.25, 0.3) is 0 Å². The van der Waals surface area contributed by atoms with Crippen LogP contribution in [-0.4, -0.2) is 4.98 Å².